The average molecular weight is 267 g/mol. The van der Waals surface area contributed by atoms with E-state index in [1.807, 2.05) is 19.0 Å². The topological polar surface area (TPSA) is 61.4 Å². The van der Waals surface area contributed by atoms with Gasteiger partial charge in [0.25, 0.3) is 0 Å². The standard InChI is InChI=1S/C13H18FN3O2/c1-17(2)8-7-15-12(18)13(19)16-9-10-5-3-4-6-11(10)14/h3-6H,7-9H2,1-2H3,(H,15,18)(H,16,19). The van der Waals surface area contributed by atoms with Crippen LogP contribution in [0.15, 0.2) is 24.3 Å². The van der Waals surface area contributed by atoms with Crippen molar-refractivity contribution >= 4 is 11.8 Å². The smallest absolute Gasteiger partial charge is 0.309 e. The zero-order valence-corrected chi connectivity index (χ0v) is 11.1. The van der Waals surface area contributed by atoms with Gasteiger partial charge in [0.15, 0.2) is 0 Å². The van der Waals surface area contributed by atoms with Crippen LogP contribution in [0.4, 0.5) is 4.39 Å². The second-order valence-corrected chi connectivity index (χ2v) is 4.33. The Morgan fingerprint density at radius 1 is 1.16 bits per heavy atom. The molecule has 0 fully saturated rings. The molecule has 0 aromatic heterocycles. The van der Waals surface area contributed by atoms with E-state index >= 15 is 0 Å². The molecule has 19 heavy (non-hydrogen) atoms. The Morgan fingerprint density at radius 2 is 1.79 bits per heavy atom. The number of carbonyl (C=O) groups excluding carboxylic acids is 2. The van der Waals surface area contributed by atoms with Crippen LogP contribution in [0.2, 0.25) is 0 Å². The van der Waals surface area contributed by atoms with Crippen molar-refractivity contribution < 1.29 is 14.0 Å². The lowest BCUT2D eigenvalue weighted by molar-refractivity contribution is -0.139. The van der Waals surface area contributed by atoms with E-state index in [0.29, 0.717) is 18.7 Å². The third kappa shape index (κ3) is 5.48. The second kappa shape index (κ2) is 7.48. The fourth-order valence-electron chi connectivity index (χ4n) is 1.37. The van der Waals surface area contributed by atoms with Crippen molar-refractivity contribution in [2.45, 2.75) is 6.54 Å². The SMILES string of the molecule is CN(C)CCNC(=O)C(=O)NCc1ccccc1F. The van der Waals surface area contributed by atoms with Gasteiger partial charge in [-0.1, -0.05) is 18.2 Å². The summed E-state index contributed by atoms with van der Waals surface area (Å²) in [5.41, 5.74) is 0.344. The summed E-state index contributed by atoms with van der Waals surface area (Å²) in [5, 5.41) is 4.85. The number of hydrogen-bond acceptors (Lipinski definition) is 3. The van der Waals surface area contributed by atoms with Crippen LogP contribution < -0.4 is 10.6 Å². The van der Waals surface area contributed by atoms with Gasteiger partial charge in [0.1, 0.15) is 5.82 Å². The maximum absolute atomic E-state index is 13.3. The summed E-state index contributed by atoms with van der Waals surface area (Å²) in [5.74, 6) is -1.88. The first-order valence-corrected chi connectivity index (χ1v) is 5.95. The van der Waals surface area contributed by atoms with Crippen molar-refractivity contribution in [2.75, 3.05) is 27.2 Å². The Kier molecular flexibility index (Phi) is 5.95. The molecule has 5 nitrogen and oxygen atoms in total. The molecular weight excluding hydrogens is 249 g/mol. The summed E-state index contributed by atoms with van der Waals surface area (Å²) < 4.78 is 13.3. The number of hydrogen-bond donors (Lipinski definition) is 2. The van der Waals surface area contributed by atoms with Crippen LogP contribution in [-0.2, 0) is 16.1 Å². The zero-order valence-electron chi connectivity index (χ0n) is 11.1. The Hall–Kier alpha value is -1.95. The quantitative estimate of drug-likeness (QED) is 0.745. The number of likely N-dealkylation sites (N-methyl/N-ethyl adjacent to an activating group) is 1. The largest absolute Gasteiger partial charge is 0.347 e. The molecule has 0 atom stereocenters. The van der Waals surface area contributed by atoms with Crippen LogP contribution in [0.3, 0.4) is 0 Å². The summed E-state index contributed by atoms with van der Waals surface area (Å²) >= 11 is 0. The molecule has 0 unspecified atom stereocenters. The van der Waals surface area contributed by atoms with E-state index in [9.17, 15) is 14.0 Å². The van der Waals surface area contributed by atoms with Crippen LogP contribution in [0.1, 0.15) is 5.56 Å². The predicted octanol–water partition coefficient (Wildman–Crippen LogP) is 0.120. The Balaban J connectivity index is 2.35. The second-order valence-electron chi connectivity index (χ2n) is 4.33. The molecule has 0 aliphatic rings. The lowest BCUT2D eigenvalue weighted by Gasteiger charge is -2.10. The number of nitrogens with one attached hydrogen (secondary N) is 2. The van der Waals surface area contributed by atoms with Gasteiger partial charge in [-0.3, -0.25) is 9.59 Å². The Bertz CT molecular complexity index is 449. The van der Waals surface area contributed by atoms with Gasteiger partial charge in [-0.05, 0) is 20.2 Å². The van der Waals surface area contributed by atoms with E-state index < -0.39 is 17.6 Å². The van der Waals surface area contributed by atoms with Crippen LogP contribution in [0, 0.1) is 5.82 Å². The molecule has 2 amide bonds. The van der Waals surface area contributed by atoms with E-state index in [2.05, 4.69) is 10.6 Å². The van der Waals surface area contributed by atoms with Gasteiger partial charge in [0, 0.05) is 25.2 Å². The molecule has 104 valence electrons. The predicted molar refractivity (Wildman–Crippen MR) is 69.8 cm³/mol. The fraction of sp³-hybridized carbons (Fsp3) is 0.385. The molecule has 0 saturated carbocycles. The van der Waals surface area contributed by atoms with Crippen LogP contribution in [0.5, 0.6) is 0 Å². The lowest BCUT2D eigenvalue weighted by atomic mass is 10.2. The highest BCUT2D eigenvalue weighted by atomic mass is 19.1. The highest BCUT2D eigenvalue weighted by Gasteiger charge is 2.12. The van der Waals surface area contributed by atoms with Crippen molar-refractivity contribution in [1.82, 2.24) is 15.5 Å². The van der Waals surface area contributed by atoms with E-state index in [0.717, 1.165) is 0 Å². The monoisotopic (exact) mass is 267 g/mol. The van der Waals surface area contributed by atoms with Crippen molar-refractivity contribution in [3.63, 3.8) is 0 Å². The molecular formula is C13H18FN3O2. The van der Waals surface area contributed by atoms with E-state index in [4.69, 9.17) is 0 Å². The molecule has 0 radical (unpaired) electrons. The third-order valence-corrected chi connectivity index (χ3v) is 2.45. The Labute approximate surface area is 111 Å². The Morgan fingerprint density at radius 3 is 2.42 bits per heavy atom. The zero-order chi connectivity index (χ0) is 14.3. The summed E-state index contributed by atoms with van der Waals surface area (Å²) in [4.78, 5) is 24.7. The lowest BCUT2D eigenvalue weighted by Crippen LogP contribution is -2.41. The number of nitrogens with zero attached hydrogens (tertiary/aromatic N) is 1. The third-order valence-electron chi connectivity index (χ3n) is 2.45. The molecule has 0 bridgehead atoms. The fourth-order valence-corrected chi connectivity index (χ4v) is 1.37. The molecule has 1 aromatic carbocycles. The number of amides is 2. The summed E-state index contributed by atoms with van der Waals surface area (Å²) in [6, 6.07) is 6.09. The summed E-state index contributed by atoms with van der Waals surface area (Å²) in [7, 11) is 3.73. The summed E-state index contributed by atoms with van der Waals surface area (Å²) in [6.07, 6.45) is 0. The maximum atomic E-state index is 13.3. The van der Waals surface area contributed by atoms with Gasteiger partial charge in [0.05, 0.1) is 0 Å². The average Bonchev–Trinajstić information content (AvgIpc) is 2.36. The maximum Gasteiger partial charge on any atom is 0.309 e. The van der Waals surface area contributed by atoms with E-state index in [1.54, 1.807) is 18.2 Å². The number of halogens is 1. The normalized spacial score (nSPS) is 10.3. The first kappa shape index (κ1) is 15.1. The molecule has 0 aliphatic heterocycles. The van der Waals surface area contributed by atoms with Crippen LogP contribution in [0.25, 0.3) is 0 Å². The molecule has 2 N–H and O–H groups in total. The highest BCUT2D eigenvalue weighted by Crippen LogP contribution is 2.05. The minimum Gasteiger partial charge on any atom is -0.347 e. The van der Waals surface area contributed by atoms with Crippen molar-refractivity contribution in [3.05, 3.63) is 35.6 Å². The number of benzene rings is 1. The minimum atomic E-state index is -0.762. The van der Waals surface area contributed by atoms with E-state index in [1.165, 1.54) is 6.07 Å². The first-order chi connectivity index (χ1) is 9.00. The minimum absolute atomic E-state index is 0.00733. The first-order valence-electron chi connectivity index (χ1n) is 5.95. The number of carbonyl (C=O) groups is 2. The molecule has 0 heterocycles. The van der Waals surface area contributed by atoms with Crippen molar-refractivity contribution in [3.8, 4) is 0 Å². The van der Waals surface area contributed by atoms with Gasteiger partial charge in [0.2, 0.25) is 0 Å². The highest BCUT2D eigenvalue weighted by molar-refractivity contribution is 6.35. The molecule has 0 spiro atoms. The van der Waals surface area contributed by atoms with Gasteiger partial charge in [-0.25, -0.2) is 4.39 Å². The van der Waals surface area contributed by atoms with Crippen LogP contribution >= 0.6 is 0 Å². The molecule has 1 aromatic rings. The van der Waals surface area contributed by atoms with E-state index in [-0.39, 0.29) is 6.54 Å². The van der Waals surface area contributed by atoms with Gasteiger partial charge in [-0.2, -0.15) is 0 Å². The van der Waals surface area contributed by atoms with Crippen molar-refractivity contribution in [2.24, 2.45) is 0 Å². The molecule has 1 rings (SSSR count). The van der Waals surface area contributed by atoms with Gasteiger partial charge >= 0.3 is 11.8 Å². The van der Waals surface area contributed by atoms with Gasteiger partial charge in [-0.15, -0.1) is 0 Å². The molecule has 6 heteroatoms. The summed E-state index contributed by atoms with van der Waals surface area (Å²) in [6.45, 7) is 1.03. The van der Waals surface area contributed by atoms with Crippen molar-refractivity contribution in [1.29, 1.82) is 0 Å². The van der Waals surface area contributed by atoms with Gasteiger partial charge < -0.3 is 15.5 Å². The number of rotatable bonds is 5. The van der Waals surface area contributed by atoms with Crippen LogP contribution in [-0.4, -0.2) is 43.9 Å². The molecule has 0 aliphatic carbocycles. The molecule has 0 saturated heterocycles.